The van der Waals surface area contributed by atoms with E-state index >= 15 is 0 Å². The summed E-state index contributed by atoms with van der Waals surface area (Å²) in [5.41, 5.74) is 1.27. The largest absolute Gasteiger partial charge is 0.326 e. The van der Waals surface area contributed by atoms with Crippen LogP contribution in [0.15, 0.2) is 61.2 Å². The van der Waals surface area contributed by atoms with E-state index < -0.39 is 23.5 Å². The molecule has 3 amide bonds. The number of fused-ring (bicyclic) bond motifs is 1. The van der Waals surface area contributed by atoms with E-state index in [1.165, 1.54) is 29.2 Å². The average Bonchev–Trinajstić information content (AvgIpc) is 3.29. The van der Waals surface area contributed by atoms with Crippen LogP contribution in [0.5, 0.6) is 0 Å². The fraction of sp³-hybridized carbons (Fsp3) is 0.100. The molecular weight excluding hydrogens is 363 g/mol. The van der Waals surface area contributed by atoms with Gasteiger partial charge in [-0.05, 0) is 30.3 Å². The second-order valence-electron chi connectivity index (χ2n) is 6.24. The van der Waals surface area contributed by atoms with Crippen LogP contribution in [0.25, 0.3) is 5.69 Å². The third kappa shape index (κ3) is 3.16. The normalized spacial score (nSPS) is 13.0. The first-order valence-corrected chi connectivity index (χ1v) is 8.57. The Balaban J connectivity index is 1.39. The van der Waals surface area contributed by atoms with Crippen LogP contribution in [0.3, 0.4) is 0 Å². The summed E-state index contributed by atoms with van der Waals surface area (Å²) >= 11 is 0. The highest BCUT2D eigenvalue weighted by molar-refractivity contribution is 6.21. The van der Waals surface area contributed by atoms with Gasteiger partial charge in [0, 0.05) is 31.0 Å². The second kappa shape index (κ2) is 7.07. The molecular formula is C20H15FN4O3. The van der Waals surface area contributed by atoms with Crippen molar-refractivity contribution in [1.82, 2.24) is 14.5 Å². The van der Waals surface area contributed by atoms with Crippen LogP contribution < -0.4 is 5.32 Å². The Morgan fingerprint density at radius 2 is 1.79 bits per heavy atom. The summed E-state index contributed by atoms with van der Waals surface area (Å²) in [7, 11) is 0. The number of hydrogen-bond acceptors (Lipinski definition) is 4. The molecule has 140 valence electrons. The number of aromatic nitrogens is 2. The first-order chi connectivity index (χ1) is 13.5. The van der Waals surface area contributed by atoms with E-state index in [1.54, 1.807) is 36.5 Å². The Morgan fingerprint density at radius 3 is 2.39 bits per heavy atom. The monoisotopic (exact) mass is 378 g/mol. The number of hydrogen-bond donors (Lipinski definition) is 1. The number of carbonyl (C=O) groups is 3. The van der Waals surface area contributed by atoms with E-state index in [-0.39, 0.29) is 18.7 Å². The minimum absolute atomic E-state index is 0.0478. The van der Waals surface area contributed by atoms with E-state index in [9.17, 15) is 18.8 Å². The molecule has 7 nitrogen and oxygen atoms in total. The highest BCUT2D eigenvalue weighted by Crippen LogP contribution is 2.23. The first-order valence-electron chi connectivity index (χ1n) is 8.57. The molecule has 0 saturated heterocycles. The molecule has 1 aliphatic heterocycles. The molecule has 2 heterocycles. The lowest BCUT2D eigenvalue weighted by Crippen LogP contribution is -2.32. The van der Waals surface area contributed by atoms with Gasteiger partial charge in [0.05, 0.1) is 23.1 Å². The Morgan fingerprint density at radius 1 is 1.07 bits per heavy atom. The van der Waals surface area contributed by atoms with Gasteiger partial charge in [-0.2, -0.15) is 0 Å². The SMILES string of the molecule is O=C(CCN1C(=O)c2ccccc2C1=O)Nc1ccc(-n2ccnc2)c(F)c1. The zero-order valence-corrected chi connectivity index (χ0v) is 14.6. The maximum atomic E-state index is 14.3. The van der Waals surface area contributed by atoms with Gasteiger partial charge in [0.2, 0.25) is 5.91 Å². The maximum absolute atomic E-state index is 14.3. The smallest absolute Gasteiger partial charge is 0.261 e. The molecule has 0 radical (unpaired) electrons. The molecule has 0 unspecified atom stereocenters. The number of benzene rings is 2. The fourth-order valence-corrected chi connectivity index (χ4v) is 3.07. The van der Waals surface area contributed by atoms with Gasteiger partial charge in [0.15, 0.2) is 0 Å². The minimum Gasteiger partial charge on any atom is -0.326 e. The Labute approximate surface area is 159 Å². The van der Waals surface area contributed by atoms with Crippen LogP contribution in [0, 0.1) is 5.82 Å². The molecule has 0 bridgehead atoms. The predicted molar refractivity (Wildman–Crippen MR) is 98.6 cm³/mol. The predicted octanol–water partition coefficient (Wildman–Crippen LogP) is 2.64. The molecule has 1 aliphatic rings. The topological polar surface area (TPSA) is 84.3 Å². The molecule has 1 aromatic heterocycles. The molecule has 0 atom stereocenters. The molecule has 1 N–H and O–H groups in total. The molecule has 8 heteroatoms. The summed E-state index contributed by atoms with van der Waals surface area (Å²) in [5.74, 6) is -1.77. The number of rotatable bonds is 5. The van der Waals surface area contributed by atoms with Crippen LogP contribution in [0.1, 0.15) is 27.1 Å². The van der Waals surface area contributed by atoms with Crippen LogP contribution in [-0.4, -0.2) is 38.7 Å². The van der Waals surface area contributed by atoms with Crippen LogP contribution in [0.4, 0.5) is 10.1 Å². The van der Waals surface area contributed by atoms with Gasteiger partial charge >= 0.3 is 0 Å². The Kier molecular flexibility index (Phi) is 4.44. The van der Waals surface area contributed by atoms with Gasteiger partial charge in [-0.15, -0.1) is 0 Å². The van der Waals surface area contributed by atoms with Gasteiger partial charge in [-0.3, -0.25) is 19.3 Å². The lowest BCUT2D eigenvalue weighted by Gasteiger charge is -2.14. The number of carbonyl (C=O) groups excluding carboxylic acids is 3. The summed E-state index contributed by atoms with van der Waals surface area (Å²) in [6.07, 6.45) is 4.53. The van der Waals surface area contributed by atoms with Crippen molar-refractivity contribution < 1.29 is 18.8 Å². The average molecular weight is 378 g/mol. The molecule has 4 rings (SSSR count). The quantitative estimate of drug-likeness (QED) is 0.692. The number of imide groups is 1. The van der Waals surface area contributed by atoms with Crippen LogP contribution >= 0.6 is 0 Å². The minimum atomic E-state index is -0.517. The van der Waals surface area contributed by atoms with E-state index in [1.807, 2.05) is 0 Å². The lowest BCUT2D eigenvalue weighted by atomic mass is 10.1. The van der Waals surface area contributed by atoms with Gasteiger partial charge < -0.3 is 9.88 Å². The molecule has 3 aromatic rings. The van der Waals surface area contributed by atoms with Gasteiger partial charge in [-0.25, -0.2) is 9.37 Å². The third-order valence-electron chi connectivity index (χ3n) is 4.45. The summed E-state index contributed by atoms with van der Waals surface area (Å²) in [4.78, 5) is 41.7. The van der Waals surface area contributed by atoms with E-state index in [0.717, 1.165) is 4.90 Å². The number of nitrogens with one attached hydrogen (secondary N) is 1. The Bertz CT molecular complexity index is 1040. The van der Waals surface area contributed by atoms with Crippen molar-refractivity contribution in [2.24, 2.45) is 0 Å². The van der Waals surface area contributed by atoms with Crippen molar-refractivity contribution >= 4 is 23.4 Å². The molecule has 0 saturated carbocycles. The van der Waals surface area contributed by atoms with Crippen LogP contribution in [0.2, 0.25) is 0 Å². The van der Waals surface area contributed by atoms with Gasteiger partial charge in [0.25, 0.3) is 11.8 Å². The maximum Gasteiger partial charge on any atom is 0.261 e. The zero-order valence-electron chi connectivity index (χ0n) is 14.6. The summed E-state index contributed by atoms with van der Waals surface area (Å²) < 4.78 is 15.8. The van der Waals surface area contributed by atoms with E-state index in [4.69, 9.17) is 0 Å². The molecule has 0 spiro atoms. The highest BCUT2D eigenvalue weighted by atomic mass is 19.1. The van der Waals surface area contributed by atoms with Crippen molar-refractivity contribution in [3.8, 4) is 5.69 Å². The van der Waals surface area contributed by atoms with Crippen LogP contribution in [-0.2, 0) is 4.79 Å². The van der Waals surface area contributed by atoms with Crippen molar-refractivity contribution in [3.05, 3.63) is 78.1 Å². The summed E-state index contributed by atoms with van der Waals surface area (Å²) in [6, 6.07) is 10.8. The van der Waals surface area contributed by atoms with Crippen molar-refractivity contribution in [2.75, 3.05) is 11.9 Å². The van der Waals surface area contributed by atoms with E-state index in [0.29, 0.717) is 16.8 Å². The molecule has 0 aliphatic carbocycles. The fourth-order valence-electron chi connectivity index (χ4n) is 3.07. The van der Waals surface area contributed by atoms with Crippen molar-refractivity contribution in [2.45, 2.75) is 6.42 Å². The van der Waals surface area contributed by atoms with Crippen molar-refractivity contribution in [3.63, 3.8) is 0 Å². The zero-order chi connectivity index (χ0) is 19.7. The van der Waals surface area contributed by atoms with Gasteiger partial charge in [-0.1, -0.05) is 12.1 Å². The highest BCUT2D eigenvalue weighted by Gasteiger charge is 2.34. The van der Waals surface area contributed by atoms with E-state index in [2.05, 4.69) is 10.3 Å². The lowest BCUT2D eigenvalue weighted by molar-refractivity contribution is -0.116. The van der Waals surface area contributed by atoms with Crippen molar-refractivity contribution in [1.29, 1.82) is 0 Å². The third-order valence-corrected chi connectivity index (χ3v) is 4.45. The second-order valence-corrected chi connectivity index (χ2v) is 6.24. The molecule has 2 aromatic carbocycles. The summed E-state index contributed by atoms with van der Waals surface area (Å²) in [6.45, 7) is -0.0478. The number of halogens is 1. The molecule has 28 heavy (non-hydrogen) atoms. The summed E-state index contributed by atoms with van der Waals surface area (Å²) in [5, 5.41) is 2.58. The Hall–Kier alpha value is -3.81. The number of anilines is 1. The molecule has 0 fully saturated rings. The number of nitrogens with zero attached hydrogens (tertiary/aromatic N) is 3. The number of amides is 3. The standard InChI is InChI=1S/C20H15FN4O3/c21-16-11-13(5-6-17(16)24-10-8-22-12-24)23-18(26)7-9-25-19(27)14-3-1-2-4-15(14)20(25)28/h1-6,8,10-12H,7,9H2,(H,23,26). The van der Waals surface area contributed by atoms with Gasteiger partial charge in [0.1, 0.15) is 5.82 Å². The number of imidazole rings is 1. The first kappa shape index (κ1) is 17.6.